The summed E-state index contributed by atoms with van der Waals surface area (Å²) in [6.45, 7) is 0. The first-order chi connectivity index (χ1) is 7.04. The predicted octanol–water partition coefficient (Wildman–Crippen LogP) is 1.56. The summed E-state index contributed by atoms with van der Waals surface area (Å²) in [5.41, 5.74) is -0.513. The number of nitro benzene ring substituents is 1. The van der Waals surface area contributed by atoms with Crippen molar-refractivity contribution in [1.29, 1.82) is 5.26 Å². The van der Waals surface area contributed by atoms with E-state index in [1.807, 2.05) is 5.32 Å². The summed E-state index contributed by atoms with van der Waals surface area (Å²) in [6.07, 6.45) is -1.40. The first-order valence-electron chi connectivity index (χ1n) is 3.73. The van der Waals surface area contributed by atoms with Gasteiger partial charge in [0.1, 0.15) is 5.69 Å². The number of rotatable bonds is 2. The van der Waals surface area contributed by atoms with Crippen molar-refractivity contribution in [3.05, 3.63) is 33.9 Å². The third-order valence-corrected chi connectivity index (χ3v) is 1.57. The van der Waals surface area contributed by atoms with Crippen molar-refractivity contribution in [3.8, 4) is 6.07 Å². The van der Waals surface area contributed by atoms with Gasteiger partial charge in [-0.1, -0.05) is 0 Å². The van der Waals surface area contributed by atoms with E-state index >= 15 is 0 Å². The number of nitrogens with zero attached hydrogens (tertiary/aromatic N) is 2. The van der Waals surface area contributed by atoms with E-state index in [0.29, 0.717) is 0 Å². The minimum Gasteiger partial charge on any atom is -0.465 e. The fraction of sp³-hybridized carbons (Fsp3) is 0. The molecule has 1 amide bonds. The fourth-order valence-electron chi connectivity index (χ4n) is 0.973. The standard InChI is InChI=1S/C8H5N3O4/c9-4-5-1-2-6(10-8(12)13)7(3-5)11(14)15/h1-3,10H,(H,12,13). The van der Waals surface area contributed by atoms with Crippen LogP contribution < -0.4 is 5.32 Å². The lowest BCUT2D eigenvalue weighted by molar-refractivity contribution is -0.383. The molecule has 0 spiro atoms. The maximum atomic E-state index is 10.5. The van der Waals surface area contributed by atoms with Crippen molar-refractivity contribution in [2.75, 3.05) is 5.32 Å². The van der Waals surface area contributed by atoms with E-state index in [4.69, 9.17) is 10.4 Å². The molecule has 0 saturated carbocycles. The second-order valence-electron chi connectivity index (χ2n) is 2.53. The van der Waals surface area contributed by atoms with E-state index in [2.05, 4.69) is 0 Å². The van der Waals surface area contributed by atoms with Crippen LogP contribution in [0.15, 0.2) is 18.2 Å². The number of benzene rings is 1. The molecule has 0 aliphatic rings. The Balaban J connectivity index is 3.22. The maximum Gasteiger partial charge on any atom is 0.409 e. The van der Waals surface area contributed by atoms with Crippen molar-refractivity contribution in [2.45, 2.75) is 0 Å². The van der Waals surface area contributed by atoms with E-state index in [9.17, 15) is 14.9 Å². The second kappa shape index (κ2) is 4.06. The number of anilines is 1. The first-order valence-corrected chi connectivity index (χ1v) is 3.73. The zero-order valence-electron chi connectivity index (χ0n) is 7.30. The Labute approximate surface area is 83.7 Å². The van der Waals surface area contributed by atoms with Crippen molar-refractivity contribution in [3.63, 3.8) is 0 Å². The highest BCUT2D eigenvalue weighted by atomic mass is 16.6. The monoisotopic (exact) mass is 207 g/mol. The number of nitriles is 1. The van der Waals surface area contributed by atoms with Gasteiger partial charge in [0, 0.05) is 6.07 Å². The van der Waals surface area contributed by atoms with Gasteiger partial charge >= 0.3 is 6.09 Å². The highest BCUT2D eigenvalue weighted by molar-refractivity contribution is 5.86. The molecule has 2 N–H and O–H groups in total. The number of amides is 1. The molecule has 0 aromatic heterocycles. The number of hydrogen-bond acceptors (Lipinski definition) is 4. The molecule has 0 aliphatic heterocycles. The Morgan fingerprint density at radius 1 is 1.60 bits per heavy atom. The van der Waals surface area contributed by atoms with Crippen LogP contribution in [0.2, 0.25) is 0 Å². The molecule has 0 aliphatic carbocycles. The van der Waals surface area contributed by atoms with E-state index in [0.717, 1.165) is 6.07 Å². The quantitative estimate of drug-likeness (QED) is 0.563. The zero-order chi connectivity index (χ0) is 11.4. The average molecular weight is 207 g/mol. The average Bonchev–Trinajstić information content (AvgIpc) is 2.17. The summed E-state index contributed by atoms with van der Waals surface area (Å²) in [7, 11) is 0. The van der Waals surface area contributed by atoms with Crippen molar-refractivity contribution < 1.29 is 14.8 Å². The minimum atomic E-state index is -1.40. The molecule has 76 valence electrons. The number of nitro groups is 1. The van der Waals surface area contributed by atoms with Crippen LogP contribution in [0.25, 0.3) is 0 Å². The predicted molar refractivity (Wildman–Crippen MR) is 49.5 cm³/mol. The van der Waals surface area contributed by atoms with Crippen LogP contribution in [0, 0.1) is 21.4 Å². The Morgan fingerprint density at radius 3 is 2.73 bits per heavy atom. The molecule has 0 unspecified atom stereocenters. The van der Waals surface area contributed by atoms with Gasteiger partial charge in [0.05, 0.1) is 16.6 Å². The Bertz CT molecular complexity index is 463. The van der Waals surface area contributed by atoms with Gasteiger partial charge in [-0.2, -0.15) is 5.26 Å². The summed E-state index contributed by atoms with van der Waals surface area (Å²) >= 11 is 0. The van der Waals surface area contributed by atoms with Crippen LogP contribution in [-0.2, 0) is 0 Å². The minimum absolute atomic E-state index is 0.0950. The van der Waals surface area contributed by atoms with Crippen LogP contribution in [0.4, 0.5) is 16.2 Å². The lowest BCUT2D eigenvalue weighted by Gasteiger charge is -2.01. The summed E-state index contributed by atoms with van der Waals surface area (Å²) < 4.78 is 0. The fourth-order valence-corrected chi connectivity index (χ4v) is 0.973. The molecule has 0 fully saturated rings. The van der Waals surface area contributed by atoms with Gasteiger partial charge in [-0.05, 0) is 12.1 Å². The lowest BCUT2D eigenvalue weighted by Crippen LogP contribution is -2.09. The smallest absolute Gasteiger partial charge is 0.409 e. The van der Waals surface area contributed by atoms with Crippen molar-refractivity contribution >= 4 is 17.5 Å². The van der Waals surface area contributed by atoms with Gasteiger partial charge < -0.3 is 5.11 Å². The van der Waals surface area contributed by atoms with Gasteiger partial charge in [0.15, 0.2) is 0 Å². The molecule has 0 heterocycles. The van der Waals surface area contributed by atoms with Crippen molar-refractivity contribution in [1.82, 2.24) is 0 Å². The van der Waals surface area contributed by atoms with Crippen LogP contribution >= 0.6 is 0 Å². The van der Waals surface area contributed by atoms with Crippen LogP contribution in [0.3, 0.4) is 0 Å². The Hall–Kier alpha value is -2.62. The highest BCUT2D eigenvalue weighted by Gasteiger charge is 2.15. The molecule has 1 rings (SSSR count). The summed E-state index contributed by atoms with van der Waals surface area (Å²) in [6, 6.07) is 5.19. The third-order valence-electron chi connectivity index (χ3n) is 1.57. The molecule has 7 nitrogen and oxygen atoms in total. The molecule has 15 heavy (non-hydrogen) atoms. The third kappa shape index (κ3) is 2.41. The van der Waals surface area contributed by atoms with E-state index in [1.54, 1.807) is 6.07 Å². The van der Waals surface area contributed by atoms with E-state index in [1.165, 1.54) is 12.1 Å². The topological polar surface area (TPSA) is 116 Å². The lowest BCUT2D eigenvalue weighted by atomic mass is 10.2. The normalized spacial score (nSPS) is 9.00. The number of carboxylic acid groups (broad SMARTS) is 1. The summed E-state index contributed by atoms with van der Waals surface area (Å²) in [5.74, 6) is 0. The van der Waals surface area contributed by atoms with Gasteiger partial charge in [0.25, 0.3) is 5.69 Å². The summed E-state index contributed by atoms with van der Waals surface area (Å²) in [4.78, 5) is 20.1. The Morgan fingerprint density at radius 2 is 2.27 bits per heavy atom. The Kier molecular flexibility index (Phi) is 2.83. The van der Waals surface area contributed by atoms with Crippen molar-refractivity contribution in [2.24, 2.45) is 0 Å². The highest BCUT2D eigenvalue weighted by Crippen LogP contribution is 2.25. The molecular formula is C8H5N3O4. The van der Waals surface area contributed by atoms with Gasteiger partial charge in [-0.15, -0.1) is 0 Å². The number of hydrogen-bond donors (Lipinski definition) is 2. The van der Waals surface area contributed by atoms with Crippen LogP contribution in [0.1, 0.15) is 5.56 Å². The molecule has 0 bridgehead atoms. The molecule has 0 atom stereocenters. The molecule has 7 heteroatoms. The molecular weight excluding hydrogens is 202 g/mol. The van der Waals surface area contributed by atoms with E-state index < -0.39 is 16.7 Å². The zero-order valence-corrected chi connectivity index (χ0v) is 7.30. The van der Waals surface area contributed by atoms with Crippen LogP contribution in [-0.4, -0.2) is 16.1 Å². The maximum absolute atomic E-state index is 10.5. The van der Waals surface area contributed by atoms with Crippen LogP contribution in [0.5, 0.6) is 0 Å². The van der Waals surface area contributed by atoms with E-state index in [-0.39, 0.29) is 11.3 Å². The van der Waals surface area contributed by atoms with Gasteiger partial charge in [0.2, 0.25) is 0 Å². The molecule has 0 saturated heterocycles. The number of carbonyl (C=O) groups is 1. The summed E-state index contributed by atoms with van der Waals surface area (Å²) in [5, 5.41) is 29.3. The molecule has 0 radical (unpaired) electrons. The van der Waals surface area contributed by atoms with Gasteiger partial charge in [-0.3, -0.25) is 15.4 Å². The number of nitrogens with one attached hydrogen (secondary N) is 1. The molecule has 1 aromatic rings. The largest absolute Gasteiger partial charge is 0.465 e. The first kappa shape index (κ1) is 10.5. The molecule has 1 aromatic carbocycles. The SMILES string of the molecule is N#Cc1ccc(NC(=O)O)c([N+](=O)[O-])c1. The van der Waals surface area contributed by atoms with Gasteiger partial charge in [-0.25, -0.2) is 4.79 Å². The second-order valence-corrected chi connectivity index (χ2v) is 2.53.